The standard InChI is InChI=1S/C12H18N4O2S2/c1-15-5-2-6-16(8-7-15)20(17,18)10-3-4-11(12(13)19)14-9-10/h3-4,9H,2,5-8H2,1H3,(H2,13,19). The zero-order valence-electron chi connectivity index (χ0n) is 11.3. The second-order valence-corrected chi connectivity index (χ2v) is 7.18. The van der Waals surface area contributed by atoms with E-state index in [2.05, 4.69) is 9.88 Å². The molecule has 2 rings (SSSR count). The lowest BCUT2D eigenvalue weighted by Gasteiger charge is -2.20. The first-order valence-electron chi connectivity index (χ1n) is 6.36. The molecule has 0 unspecified atom stereocenters. The molecule has 8 heteroatoms. The van der Waals surface area contributed by atoms with Crippen LogP contribution in [0.2, 0.25) is 0 Å². The van der Waals surface area contributed by atoms with Gasteiger partial charge >= 0.3 is 0 Å². The molecule has 0 saturated carbocycles. The third kappa shape index (κ3) is 3.32. The van der Waals surface area contributed by atoms with Crippen LogP contribution < -0.4 is 5.73 Å². The Morgan fingerprint density at radius 3 is 2.65 bits per heavy atom. The SMILES string of the molecule is CN1CCCN(S(=O)(=O)c2ccc(C(N)=S)nc2)CC1. The fraction of sp³-hybridized carbons (Fsp3) is 0.500. The smallest absolute Gasteiger partial charge is 0.244 e. The monoisotopic (exact) mass is 314 g/mol. The summed E-state index contributed by atoms with van der Waals surface area (Å²) in [7, 11) is -1.50. The van der Waals surface area contributed by atoms with Gasteiger partial charge in [0.15, 0.2) is 0 Å². The van der Waals surface area contributed by atoms with Crippen molar-refractivity contribution in [3.05, 3.63) is 24.0 Å². The summed E-state index contributed by atoms with van der Waals surface area (Å²) < 4.78 is 26.6. The largest absolute Gasteiger partial charge is 0.388 e. The maximum absolute atomic E-state index is 12.5. The predicted octanol–water partition coefficient (Wildman–Crippen LogP) is 0.0420. The van der Waals surface area contributed by atoms with Crippen LogP contribution in [0.3, 0.4) is 0 Å². The van der Waals surface area contributed by atoms with Gasteiger partial charge in [-0.2, -0.15) is 4.31 Å². The highest BCUT2D eigenvalue weighted by molar-refractivity contribution is 7.89. The van der Waals surface area contributed by atoms with Crippen LogP contribution in [0.1, 0.15) is 12.1 Å². The van der Waals surface area contributed by atoms with Crippen LogP contribution in [-0.4, -0.2) is 60.8 Å². The van der Waals surface area contributed by atoms with Crippen molar-refractivity contribution in [3.8, 4) is 0 Å². The third-order valence-corrected chi connectivity index (χ3v) is 5.40. The van der Waals surface area contributed by atoms with Crippen molar-refractivity contribution in [2.45, 2.75) is 11.3 Å². The van der Waals surface area contributed by atoms with Gasteiger partial charge in [0.05, 0.1) is 5.69 Å². The van der Waals surface area contributed by atoms with E-state index in [-0.39, 0.29) is 9.88 Å². The summed E-state index contributed by atoms with van der Waals surface area (Å²) in [4.78, 5) is 6.46. The molecule has 20 heavy (non-hydrogen) atoms. The minimum Gasteiger partial charge on any atom is -0.388 e. The number of hydrogen-bond donors (Lipinski definition) is 1. The van der Waals surface area contributed by atoms with E-state index in [0.29, 0.717) is 18.8 Å². The summed E-state index contributed by atoms with van der Waals surface area (Å²) >= 11 is 4.80. The van der Waals surface area contributed by atoms with Gasteiger partial charge < -0.3 is 10.6 Å². The molecule has 0 atom stereocenters. The Morgan fingerprint density at radius 2 is 2.05 bits per heavy atom. The summed E-state index contributed by atoms with van der Waals surface area (Å²) in [6.45, 7) is 2.67. The first kappa shape index (κ1) is 15.3. The molecule has 0 aliphatic carbocycles. The molecule has 1 aromatic heterocycles. The first-order chi connectivity index (χ1) is 9.41. The van der Waals surface area contributed by atoms with Gasteiger partial charge in [-0.3, -0.25) is 4.98 Å². The van der Waals surface area contributed by atoms with E-state index in [1.165, 1.54) is 16.6 Å². The molecule has 0 spiro atoms. The summed E-state index contributed by atoms with van der Waals surface area (Å²) in [6, 6.07) is 3.05. The van der Waals surface area contributed by atoms with E-state index >= 15 is 0 Å². The first-order valence-corrected chi connectivity index (χ1v) is 8.20. The van der Waals surface area contributed by atoms with E-state index in [1.807, 2.05) is 7.05 Å². The zero-order valence-corrected chi connectivity index (χ0v) is 13.0. The highest BCUT2D eigenvalue weighted by atomic mass is 32.2. The number of thiocarbonyl (C=S) groups is 1. The van der Waals surface area contributed by atoms with Gasteiger partial charge in [0.2, 0.25) is 10.0 Å². The van der Waals surface area contributed by atoms with Crippen molar-refractivity contribution in [3.63, 3.8) is 0 Å². The maximum Gasteiger partial charge on any atom is 0.244 e. The predicted molar refractivity (Wildman–Crippen MR) is 81.0 cm³/mol. The Hall–Kier alpha value is -1.09. The molecule has 2 heterocycles. The molecular weight excluding hydrogens is 296 g/mol. The van der Waals surface area contributed by atoms with Crippen molar-refractivity contribution >= 4 is 27.2 Å². The molecule has 0 radical (unpaired) electrons. The van der Waals surface area contributed by atoms with Gasteiger partial charge in [-0.25, -0.2) is 8.42 Å². The van der Waals surface area contributed by atoms with Crippen LogP contribution >= 0.6 is 12.2 Å². The van der Waals surface area contributed by atoms with Gasteiger partial charge in [-0.1, -0.05) is 12.2 Å². The number of nitrogens with two attached hydrogens (primary N) is 1. The topological polar surface area (TPSA) is 79.5 Å². The van der Waals surface area contributed by atoms with E-state index < -0.39 is 10.0 Å². The van der Waals surface area contributed by atoms with Gasteiger partial charge in [-0.15, -0.1) is 0 Å². The van der Waals surface area contributed by atoms with Gasteiger partial charge in [0.1, 0.15) is 9.88 Å². The van der Waals surface area contributed by atoms with Crippen molar-refractivity contribution < 1.29 is 8.42 Å². The second kappa shape index (κ2) is 6.13. The van der Waals surface area contributed by atoms with E-state index in [0.717, 1.165) is 19.5 Å². The Balaban J connectivity index is 2.23. The molecule has 6 nitrogen and oxygen atoms in total. The molecule has 1 aromatic rings. The van der Waals surface area contributed by atoms with Crippen LogP contribution in [0.5, 0.6) is 0 Å². The summed E-state index contributed by atoms with van der Waals surface area (Å²) in [5.41, 5.74) is 5.88. The number of nitrogens with zero attached hydrogens (tertiary/aromatic N) is 3. The Morgan fingerprint density at radius 1 is 1.30 bits per heavy atom. The third-order valence-electron chi connectivity index (χ3n) is 3.31. The van der Waals surface area contributed by atoms with Crippen LogP contribution in [-0.2, 0) is 10.0 Å². The van der Waals surface area contributed by atoms with Crippen molar-refractivity contribution in [2.24, 2.45) is 5.73 Å². The number of rotatable bonds is 3. The summed E-state index contributed by atoms with van der Waals surface area (Å²) in [6.07, 6.45) is 2.15. The Kier molecular flexibility index (Phi) is 4.69. The molecule has 1 aliphatic rings. The highest BCUT2D eigenvalue weighted by Gasteiger charge is 2.26. The molecule has 0 aromatic carbocycles. The number of aromatic nitrogens is 1. The second-order valence-electron chi connectivity index (χ2n) is 4.80. The average molecular weight is 314 g/mol. The molecule has 0 amide bonds. The molecule has 2 N–H and O–H groups in total. The van der Waals surface area contributed by atoms with Gasteiger partial charge in [-0.05, 0) is 32.1 Å². The highest BCUT2D eigenvalue weighted by Crippen LogP contribution is 2.17. The number of sulfonamides is 1. The molecule has 0 bridgehead atoms. The summed E-state index contributed by atoms with van der Waals surface area (Å²) in [5, 5.41) is 0. The average Bonchev–Trinajstić information content (AvgIpc) is 2.64. The lowest BCUT2D eigenvalue weighted by Crippen LogP contribution is -2.34. The fourth-order valence-electron chi connectivity index (χ4n) is 2.09. The Bertz CT molecular complexity index is 586. The molecule has 1 aliphatic heterocycles. The van der Waals surface area contributed by atoms with E-state index in [9.17, 15) is 8.42 Å². The lowest BCUT2D eigenvalue weighted by atomic mass is 10.3. The minimum absolute atomic E-state index is 0.158. The lowest BCUT2D eigenvalue weighted by molar-refractivity contribution is 0.347. The number of pyridine rings is 1. The zero-order chi connectivity index (χ0) is 14.8. The summed E-state index contributed by atoms with van der Waals surface area (Å²) in [5.74, 6) is 0. The van der Waals surface area contributed by atoms with Crippen LogP contribution in [0, 0.1) is 0 Å². The van der Waals surface area contributed by atoms with Crippen molar-refractivity contribution in [1.29, 1.82) is 0 Å². The van der Waals surface area contributed by atoms with E-state index in [1.54, 1.807) is 6.07 Å². The van der Waals surface area contributed by atoms with Crippen LogP contribution in [0.4, 0.5) is 0 Å². The Labute approximate surface area is 124 Å². The van der Waals surface area contributed by atoms with Gasteiger partial charge in [0.25, 0.3) is 0 Å². The van der Waals surface area contributed by atoms with Crippen LogP contribution in [0.15, 0.2) is 23.2 Å². The number of hydrogen-bond acceptors (Lipinski definition) is 5. The normalized spacial score (nSPS) is 18.6. The molecular formula is C12H18N4O2S2. The minimum atomic E-state index is -3.49. The number of likely N-dealkylation sites (N-methyl/N-ethyl adjacent to an activating group) is 1. The molecule has 1 fully saturated rings. The van der Waals surface area contributed by atoms with Crippen molar-refractivity contribution in [1.82, 2.24) is 14.2 Å². The van der Waals surface area contributed by atoms with Crippen molar-refractivity contribution in [2.75, 3.05) is 33.2 Å². The van der Waals surface area contributed by atoms with E-state index in [4.69, 9.17) is 18.0 Å². The van der Waals surface area contributed by atoms with Gasteiger partial charge in [0, 0.05) is 25.8 Å². The van der Waals surface area contributed by atoms with Crippen LogP contribution in [0.25, 0.3) is 0 Å². The quantitative estimate of drug-likeness (QED) is 0.794. The molecule has 1 saturated heterocycles. The molecule has 110 valence electrons. The fourth-order valence-corrected chi connectivity index (χ4v) is 3.63. The maximum atomic E-state index is 12.5.